The van der Waals surface area contributed by atoms with Gasteiger partial charge in [-0.1, -0.05) is 31.4 Å². The maximum Gasteiger partial charge on any atom is 0.123 e. The van der Waals surface area contributed by atoms with Gasteiger partial charge < -0.3 is 4.74 Å². The Morgan fingerprint density at radius 1 is 1.25 bits per heavy atom. The molecule has 1 aromatic carbocycles. The Morgan fingerprint density at radius 3 is 2.45 bits per heavy atom. The lowest BCUT2D eigenvalue weighted by Gasteiger charge is -2.43. The van der Waals surface area contributed by atoms with Gasteiger partial charge in [-0.15, -0.1) is 0 Å². The molecule has 20 heavy (non-hydrogen) atoms. The molecule has 0 radical (unpaired) electrons. The number of rotatable bonds is 6. The molecular formula is C16H25FN2O. The van der Waals surface area contributed by atoms with Gasteiger partial charge in [0.2, 0.25) is 0 Å². The normalized spacial score (nSPS) is 19.8. The summed E-state index contributed by atoms with van der Waals surface area (Å²) in [4.78, 5) is 0. The van der Waals surface area contributed by atoms with Gasteiger partial charge in [0, 0.05) is 6.61 Å². The van der Waals surface area contributed by atoms with Crippen LogP contribution in [0.4, 0.5) is 4.39 Å². The fourth-order valence-corrected chi connectivity index (χ4v) is 3.28. The van der Waals surface area contributed by atoms with Crippen molar-refractivity contribution in [2.75, 3.05) is 6.61 Å². The van der Waals surface area contributed by atoms with E-state index in [1.807, 2.05) is 19.1 Å². The summed E-state index contributed by atoms with van der Waals surface area (Å²) in [6, 6.07) is 6.70. The van der Waals surface area contributed by atoms with Gasteiger partial charge in [-0.3, -0.25) is 11.3 Å². The van der Waals surface area contributed by atoms with E-state index >= 15 is 0 Å². The fraction of sp³-hybridized carbons (Fsp3) is 0.625. The summed E-state index contributed by atoms with van der Waals surface area (Å²) in [6.45, 7) is 2.73. The van der Waals surface area contributed by atoms with Gasteiger partial charge in [0.25, 0.3) is 0 Å². The first kappa shape index (κ1) is 15.4. The zero-order chi connectivity index (χ0) is 14.4. The predicted molar refractivity (Wildman–Crippen MR) is 78.7 cm³/mol. The minimum atomic E-state index is -0.205. The highest BCUT2D eigenvalue weighted by molar-refractivity contribution is 5.18. The average molecular weight is 280 g/mol. The largest absolute Gasteiger partial charge is 0.374 e. The molecule has 0 aliphatic heterocycles. The Hall–Kier alpha value is -0.970. The zero-order valence-electron chi connectivity index (χ0n) is 12.2. The van der Waals surface area contributed by atoms with Gasteiger partial charge in [0.1, 0.15) is 5.82 Å². The van der Waals surface area contributed by atoms with E-state index in [0.717, 1.165) is 24.8 Å². The first-order valence-corrected chi connectivity index (χ1v) is 7.55. The lowest BCUT2D eigenvalue weighted by Crippen LogP contribution is -2.57. The van der Waals surface area contributed by atoms with E-state index in [4.69, 9.17) is 10.6 Å². The number of halogens is 1. The van der Waals surface area contributed by atoms with E-state index < -0.39 is 0 Å². The first-order chi connectivity index (χ1) is 9.70. The smallest absolute Gasteiger partial charge is 0.123 e. The summed E-state index contributed by atoms with van der Waals surface area (Å²) >= 11 is 0. The topological polar surface area (TPSA) is 47.3 Å². The quantitative estimate of drug-likeness (QED) is 0.622. The van der Waals surface area contributed by atoms with Crippen molar-refractivity contribution in [2.24, 2.45) is 5.84 Å². The highest BCUT2D eigenvalue weighted by Gasteiger charge is 2.40. The number of nitrogens with one attached hydrogen (secondary N) is 1. The number of nitrogens with two attached hydrogens (primary N) is 1. The molecule has 1 aliphatic carbocycles. The molecule has 1 unspecified atom stereocenters. The van der Waals surface area contributed by atoms with Crippen molar-refractivity contribution in [1.29, 1.82) is 0 Å². The maximum atomic E-state index is 13.0. The van der Waals surface area contributed by atoms with E-state index in [1.54, 1.807) is 0 Å². The van der Waals surface area contributed by atoms with Gasteiger partial charge in [0.05, 0.1) is 11.6 Å². The second-order valence-electron chi connectivity index (χ2n) is 5.61. The third-order valence-electron chi connectivity index (χ3n) is 4.32. The molecule has 0 aromatic heterocycles. The Morgan fingerprint density at radius 2 is 1.90 bits per heavy atom. The van der Waals surface area contributed by atoms with Crippen molar-refractivity contribution in [2.45, 2.75) is 57.1 Å². The van der Waals surface area contributed by atoms with Crippen LogP contribution in [0.2, 0.25) is 0 Å². The number of ether oxygens (including phenoxy) is 1. The van der Waals surface area contributed by atoms with Crippen molar-refractivity contribution in [3.05, 3.63) is 35.6 Å². The standard InChI is InChI=1S/C16H25FN2O/c1-2-20-16(10-4-3-5-11-16)15(19-18)12-13-6-8-14(17)9-7-13/h6-9,15,19H,2-5,10-12,18H2,1H3. The molecule has 4 heteroatoms. The summed E-state index contributed by atoms with van der Waals surface area (Å²) in [6.07, 6.45) is 6.47. The Kier molecular flexibility index (Phi) is 5.52. The van der Waals surface area contributed by atoms with E-state index in [9.17, 15) is 4.39 Å². The van der Waals surface area contributed by atoms with Gasteiger partial charge in [-0.25, -0.2) is 4.39 Å². The SMILES string of the molecule is CCOC1(C(Cc2ccc(F)cc2)NN)CCCCC1. The second kappa shape index (κ2) is 7.16. The fourth-order valence-electron chi connectivity index (χ4n) is 3.28. The molecule has 1 aromatic rings. The molecular weight excluding hydrogens is 255 g/mol. The van der Waals surface area contributed by atoms with Crippen molar-refractivity contribution < 1.29 is 9.13 Å². The number of benzene rings is 1. The molecule has 3 N–H and O–H groups in total. The average Bonchev–Trinajstić information content (AvgIpc) is 2.48. The number of hydrogen-bond donors (Lipinski definition) is 2. The summed E-state index contributed by atoms with van der Waals surface area (Å²) in [5.74, 6) is 5.59. The Balaban J connectivity index is 2.13. The van der Waals surface area contributed by atoms with Crippen molar-refractivity contribution in [1.82, 2.24) is 5.43 Å². The molecule has 0 amide bonds. The number of hydrazine groups is 1. The van der Waals surface area contributed by atoms with E-state index in [2.05, 4.69) is 5.43 Å². The molecule has 1 aliphatic rings. The van der Waals surface area contributed by atoms with Crippen LogP contribution >= 0.6 is 0 Å². The summed E-state index contributed by atoms with van der Waals surface area (Å²) in [5.41, 5.74) is 3.84. The second-order valence-corrected chi connectivity index (χ2v) is 5.61. The Labute approximate surface area is 120 Å². The van der Waals surface area contributed by atoms with Crippen LogP contribution in [-0.2, 0) is 11.2 Å². The Bertz CT molecular complexity index is 396. The summed E-state index contributed by atoms with van der Waals surface area (Å²) < 4.78 is 19.1. The summed E-state index contributed by atoms with van der Waals surface area (Å²) in [7, 11) is 0. The third-order valence-corrected chi connectivity index (χ3v) is 4.32. The van der Waals surface area contributed by atoms with Crippen molar-refractivity contribution in [3.8, 4) is 0 Å². The molecule has 1 atom stereocenters. The van der Waals surface area contributed by atoms with E-state index in [1.165, 1.54) is 31.4 Å². The highest BCUT2D eigenvalue weighted by atomic mass is 19.1. The zero-order valence-corrected chi connectivity index (χ0v) is 12.2. The van der Waals surface area contributed by atoms with E-state index in [-0.39, 0.29) is 17.5 Å². The first-order valence-electron chi connectivity index (χ1n) is 7.55. The molecule has 0 spiro atoms. The molecule has 112 valence electrons. The van der Waals surface area contributed by atoms with Crippen LogP contribution in [0.1, 0.15) is 44.6 Å². The number of hydrogen-bond acceptors (Lipinski definition) is 3. The molecule has 3 nitrogen and oxygen atoms in total. The third kappa shape index (κ3) is 3.57. The van der Waals surface area contributed by atoms with Gasteiger partial charge in [-0.2, -0.15) is 0 Å². The predicted octanol–water partition coefficient (Wildman–Crippen LogP) is 2.94. The molecule has 0 bridgehead atoms. The molecule has 1 fully saturated rings. The molecule has 1 saturated carbocycles. The summed E-state index contributed by atoms with van der Waals surface area (Å²) in [5, 5.41) is 0. The van der Waals surface area contributed by atoms with Crippen LogP contribution in [0, 0.1) is 5.82 Å². The van der Waals surface area contributed by atoms with Crippen LogP contribution in [0.25, 0.3) is 0 Å². The van der Waals surface area contributed by atoms with Crippen LogP contribution in [0.5, 0.6) is 0 Å². The minimum absolute atomic E-state index is 0.0632. The lowest BCUT2D eigenvalue weighted by molar-refractivity contribution is -0.0898. The molecule has 2 rings (SSSR count). The minimum Gasteiger partial charge on any atom is -0.374 e. The maximum absolute atomic E-state index is 13.0. The highest BCUT2D eigenvalue weighted by Crippen LogP contribution is 2.35. The van der Waals surface area contributed by atoms with Crippen LogP contribution in [0.15, 0.2) is 24.3 Å². The van der Waals surface area contributed by atoms with Crippen molar-refractivity contribution in [3.63, 3.8) is 0 Å². The van der Waals surface area contributed by atoms with Crippen LogP contribution in [-0.4, -0.2) is 18.2 Å². The lowest BCUT2D eigenvalue weighted by atomic mass is 9.77. The van der Waals surface area contributed by atoms with E-state index in [0.29, 0.717) is 6.61 Å². The van der Waals surface area contributed by atoms with Crippen molar-refractivity contribution >= 4 is 0 Å². The molecule has 0 heterocycles. The molecule has 0 saturated heterocycles. The van der Waals surface area contributed by atoms with Gasteiger partial charge in [0.15, 0.2) is 0 Å². The van der Waals surface area contributed by atoms with Crippen LogP contribution in [0.3, 0.4) is 0 Å². The monoisotopic (exact) mass is 280 g/mol. The van der Waals surface area contributed by atoms with Gasteiger partial charge >= 0.3 is 0 Å². The van der Waals surface area contributed by atoms with Gasteiger partial charge in [-0.05, 0) is 43.9 Å². The van der Waals surface area contributed by atoms with Crippen LogP contribution < -0.4 is 11.3 Å².